The van der Waals surface area contributed by atoms with Gasteiger partial charge in [-0.2, -0.15) is 0 Å². The van der Waals surface area contributed by atoms with Crippen molar-refractivity contribution in [3.05, 3.63) is 60.4 Å². The quantitative estimate of drug-likeness (QED) is 0.661. The van der Waals surface area contributed by atoms with Crippen LogP contribution in [0.5, 0.6) is 0 Å². The summed E-state index contributed by atoms with van der Waals surface area (Å²) < 4.78 is 0. The summed E-state index contributed by atoms with van der Waals surface area (Å²) in [7, 11) is 0. The van der Waals surface area contributed by atoms with Gasteiger partial charge in [-0.3, -0.25) is 0 Å². The Bertz CT molecular complexity index is 750. The molecule has 0 unspecified atom stereocenters. The smallest absolute Gasteiger partial charge is 0.323 e. The molecule has 1 aliphatic rings. The third kappa shape index (κ3) is 3.45. The highest BCUT2D eigenvalue weighted by molar-refractivity contribution is 6.00. The summed E-state index contributed by atoms with van der Waals surface area (Å²) in [6, 6.07) is 13.2. The topological polar surface area (TPSA) is 65.2 Å². The lowest BCUT2D eigenvalue weighted by atomic mass is 10.0. The van der Waals surface area contributed by atoms with Gasteiger partial charge < -0.3 is 21.3 Å². The maximum Gasteiger partial charge on any atom is 0.323 e. The normalized spacial score (nSPS) is 12.4. The van der Waals surface area contributed by atoms with Gasteiger partial charge in [0.2, 0.25) is 0 Å². The number of nitrogens with one attached hydrogen (secondary N) is 4. The molecule has 3 rings (SSSR count). The fourth-order valence-electron chi connectivity index (χ4n) is 2.44. The van der Waals surface area contributed by atoms with E-state index in [0.717, 1.165) is 22.9 Å². The molecule has 0 bridgehead atoms. The largest absolute Gasteiger partial charge is 0.341 e. The van der Waals surface area contributed by atoms with E-state index < -0.39 is 0 Å². The summed E-state index contributed by atoms with van der Waals surface area (Å²) in [4.78, 5) is 12.1. The van der Waals surface area contributed by atoms with Crippen LogP contribution >= 0.6 is 0 Å². The van der Waals surface area contributed by atoms with Gasteiger partial charge in [0, 0.05) is 11.4 Å². The minimum atomic E-state index is -0.271. The molecule has 0 saturated heterocycles. The molecule has 5 nitrogen and oxygen atoms in total. The van der Waals surface area contributed by atoms with Gasteiger partial charge in [0.1, 0.15) is 5.82 Å². The Balaban J connectivity index is 1.63. The van der Waals surface area contributed by atoms with Crippen molar-refractivity contribution >= 4 is 28.8 Å². The lowest BCUT2D eigenvalue weighted by molar-refractivity contribution is 0.262. The number of hydrogen-bond acceptors (Lipinski definition) is 3. The zero-order valence-corrected chi connectivity index (χ0v) is 13.2. The summed E-state index contributed by atoms with van der Waals surface area (Å²) in [5.74, 6) is 1.20. The Kier molecular flexibility index (Phi) is 3.93. The van der Waals surface area contributed by atoms with E-state index in [-0.39, 0.29) is 6.03 Å². The number of anilines is 4. The van der Waals surface area contributed by atoms with Crippen LogP contribution in [0.4, 0.5) is 27.5 Å². The molecule has 2 aromatic carbocycles. The van der Waals surface area contributed by atoms with Crippen molar-refractivity contribution in [2.45, 2.75) is 19.8 Å². The minimum absolute atomic E-state index is 0.271. The van der Waals surface area contributed by atoms with E-state index in [2.05, 4.69) is 41.7 Å². The Labute approximate surface area is 135 Å². The molecule has 0 radical (unpaired) electrons. The molecule has 1 heterocycles. The second-order valence-electron chi connectivity index (χ2n) is 5.84. The van der Waals surface area contributed by atoms with Crippen LogP contribution in [-0.2, 0) is 0 Å². The van der Waals surface area contributed by atoms with Crippen LogP contribution in [0.25, 0.3) is 0 Å². The van der Waals surface area contributed by atoms with Crippen LogP contribution in [0.15, 0.2) is 54.9 Å². The van der Waals surface area contributed by atoms with Gasteiger partial charge in [0.05, 0.1) is 11.4 Å². The maximum absolute atomic E-state index is 12.1. The lowest BCUT2D eigenvalue weighted by Crippen LogP contribution is -2.19. The third-order valence-electron chi connectivity index (χ3n) is 3.68. The summed E-state index contributed by atoms with van der Waals surface area (Å²) in [6.45, 7) is 8.09. The van der Waals surface area contributed by atoms with Gasteiger partial charge in [-0.1, -0.05) is 32.6 Å². The molecule has 4 N–H and O–H groups in total. The van der Waals surface area contributed by atoms with Crippen LogP contribution < -0.4 is 21.3 Å². The van der Waals surface area contributed by atoms with Crippen molar-refractivity contribution in [1.82, 2.24) is 0 Å². The summed E-state index contributed by atoms with van der Waals surface area (Å²) >= 11 is 0. The van der Waals surface area contributed by atoms with E-state index in [1.807, 2.05) is 42.5 Å². The summed E-state index contributed by atoms with van der Waals surface area (Å²) in [5.41, 5.74) is 4.57. The first kappa shape index (κ1) is 15.0. The van der Waals surface area contributed by atoms with E-state index in [1.54, 1.807) is 0 Å². The molecule has 5 heteroatoms. The van der Waals surface area contributed by atoms with Crippen LogP contribution in [0.1, 0.15) is 25.3 Å². The number of carbonyl (C=O) groups excluding carboxylic acids is 1. The fraction of sp³-hybridized carbons (Fsp3) is 0.167. The molecule has 2 amide bonds. The van der Waals surface area contributed by atoms with E-state index in [0.29, 0.717) is 11.6 Å². The van der Waals surface area contributed by atoms with Gasteiger partial charge in [0.15, 0.2) is 0 Å². The number of hydrogen-bond donors (Lipinski definition) is 4. The van der Waals surface area contributed by atoms with Gasteiger partial charge in [-0.25, -0.2) is 4.79 Å². The van der Waals surface area contributed by atoms with Gasteiger partial charge >= 0.3 is 6.03 Å². The molecule has 1 aliphatic heterocycles. The van der Waals surface area contributed by atoms with Crippen LogP contribution in [0, 0.1) is 0 Å². The van der Waals surface area contributed by atoms with E-state index >= 15 is 0 Å². The van der Waals surface area contributed by atoms with Gasteiger partial charge in [0.25, 0.3) is 0 Å². The van der Waals surface area contributed by atoms with Crippen molar-refractivity contribution < 1.29 is 4.79 Å². The SMILES string of the molecule is C=C1Nc2ccc(NC(=O)Nc3ccc(C(C)C)cc3)cc2N1. The highest BCUT2D eigenvalue weighted by Crippen LogP contribution is 2.32. The highest BCUT2D eigenvalue weighted by atomic mass is 16.2. The second-order valence-corrected chi connectivity index (χ2v) is 5.84. The van der Waals surface area contributed by atoms with Crippen molar-refractivity contribution in [2.75, 3.05) is 21.3 Å². The average molecular weight is 308 g/mol. The predicted molar refractivity (Wildman–Crippen MR) is 96.0 cm³/mol. The highest BCUT2D eigenvalue weighted by Gasteiger charge is 2.13. The number of benzene rings is 2. The first-order chi connectivity index (χ1) is 11.0. The Hall–Kier alpha value is -2.95. The fourth-order valence-corrected chi connectivity index (χ4v) is 2.44. The molecule has 2 aromatic rings. The maximum atomic E-state index is 12.1. The second kappa shape index (κ2) is 6.04. The summed E-state index contributed by atoms with van der Waals surface area (Å²) in [5, 5.41) is 11.9. The van der Waals surface area contributed by atoms with Gasteiger partial charge in [-0.05, 0) is 41.8 Å². The van der Waals surface area contributed by atoms with E-state index in [1.165, 1.54) is 5.56 Å². The van der Waals surface area contributed by atoms with Crippen LogP contribution in [0.3, 0.4) is 0 Å². The molecular formula is C18H20N4O. The first-order valence-electron chi connectivity index (χ1n) is 7.56. The van der Waals surface area contributed by atoms with Crippen molar-refractivity contribution in [2.24, 2.45) is 0 Å². The summed E-state index contributed by atoms with van der Waals surface area (Å²) in [6.07, 6.45) is 0. The van der Waals surface area contributed by atoms with Crippen molar-refractivity contribution in [3.63, 3.8) is 0 Å². The van der Waals surface area contributed by atoms with Crippen molar-refractivity contribution in [1.29, 1.82) is 0 Å². The molecule has 118 valence electrons. The Morgan fingerprint density at radius 2 is 1.57 bits per heavy atom. The number of amides is 2. The van der Waals surface area contributed by atoms with E-state index in [4.69, 9.17) is 0 Å². The number of carbonyl (C=O) groups is 1. The number of rotatable bonds is 3. The predicted octanol–water partition coefficient (Wildman–Crippen LogP) is 4.76. The molecule has 0 atom stereocenters. The number of urea groups is 1. The molecular weight excluding hydrogens is 288 g/mol. The Morgan fingerprint density at radius 1 is 0.957 bits per heavy atom. The monoisotopic (exact) mass is 308 g/mol. The lowest BCUT2D eigenvalue weighted by Gasteiger charge is -2.10. The molecule has 0 aromatic heterocycles. The van der Waals surface area contributed by atoms with Crippen LogP contribution in [-0.4, -0.2) is 6.03 Å². The molecule has 23 heavy (non-hydrogen) atoms. The zero-order chi connectivity index (χ0) is 16.4. The standard InChI is InChI=1S/C18H20N4O/c1-11(2)13-4-6-14(7-5-13)21-18(23)22-15-8-9-16-17(10-15)20-12(3)19-16/h4-11,19-20H,3H2,1-2H3,(H2,21,22,23). The van der Waals surface area contributed by atoms with Gasteiger partial charge in [-0.15, -0.1) is 0 Å². The third-order valence-corrected chi connectivity index (χ3v) is 3.68. The van der Waals surface area contributed by atoms with Crippen LogP contribution in [0.2, 0.25) is 0 Å². The average Bonchev–Trinajstić information content (AvgIpc) is 2.87. The Morgan fingerprint density at radius 3 is 2.26 bits per heavy atom. The van der Waals surface area contributed by atoms with Crippen molar-refractivity contribution in [3.8, 4) is 0 Å². The number of fused-ring (bicyclic) bond motifs is 1. The molecule has 0 aliphatic carbocycles. The molecule has 0 saturated carbocycles. The zero-order valence-electron chi connectivity index (χ0n) is 13.2. The van der Waals surface area contributed by atoms with E-state index in [9.17, 15) is 4.79 Å². The first-order valence-corrected chi connectivity index (χ1v) is 7.56. The minimum Gasteiger partial charge on any atom is -0.341 e. The molecule has 0 fully saturated rings. The molecule has 0 spiro atoms.